The lowest BCUT2D eigenvalue weighted by molar-refractivity contribution is -0.142. The Balaban J connectivity index is 1.88. The Morgan fingerprint density at radius 2 is 2.09 bits per heavy atom. The lowest BCUT2D eigenvalue weighted by Gasteiger charge is -2.32. The van der Waals surface area contributed by atoms with Gasteiger partial charge in [0.25, 0.3) is 0 Å². The van der Waals surface area contributed by atoms with E-state index in [-0.39, 0.29) is 11.7 Å². The molecule has 1 unspecified atom stereocenters. The van der Waals surface area contributed by atoms with Crippen LogP contribution in [0.25, 0.3) is 0 Å². The van der Waals surface area contributed by atoms with Crippen LogP contribution >= 0.6 is 0 Å². The molecule has 2 heterocycles. The summed E-state index contributed by atoms with van der Waals surface area (Å²) in [4.78, 5) is 14.1. The fraction of sp³-hybridized carbons (Fsp3) is 0.714. The fourth-order valence-corrected chi connectivity index (χ4v) is 2.50. The quantitative estimate of drug-likeness (QED) is 0.928. The highest BCUT2D eigenvalue weighted by atomic mass is 19.4. The molecule has 0 aliphatic carbocycles. The van der Waals surface area contributed by atoms with E-state index in [1.54, 1.807) is 11.8 Å². The first-order valence-electron chi connectivity index (χ1n) is 7.40. The van der Waals surface area contributed by atoms with E-state index < -0.39 is 18.8 Å². The summed E-state index contributed by atoms with van der Waals surface area (Å²) in [6, 6.07) is 0.927. The highest BCUT2D eigenvalue weighted by molar-refractivity contribution is 5.84. The molecule has 1 fully saturated rings. The summed E-state index contributed by atoms with van der Waals surface area (Å²) in [5, 5.41) is 6.66. The van der Waals surface area contributed by atoms with Crippen molar-refractivity contribution in [1.29, 1.82) is 0 Å². The molecule has 1 aromatic heterocycles. The monoisotopic (exact) mass is 318 g/mol. The molecule has 1 N–H and O–H groups in total. The van der Waals surface area contributed by atoms with E-state index in [2.05, 4.69) is 17.3 Å². The molecule has 1 aliphatic heterocycles. The predicted molar refractivity (Wildman–Crippen MR) is 76.3 cm³/mol. The molecule has 1 atom stereocenters. The molecule has 5 nitrogen and oxygen atoms in total. The van der Waals surface area contributed by atoms with Gasteiger partial charge in [0, 0.05) is 25.4 Å². The van der Waals surface area contributed by atoms with E-state index >= 15 is 0 Å². The summed E-state index contributed by atoms with van der Waals surface area (Å²) in [5.74, 6) is 0.859. The van der Waals surface area contributed by atoms with Gasteiger partial charge in [0.1, 0.15) is 18.4 Å². The third-order valence-corrected chi connectivity index (χ3v) is 3.81. The van der Waals surface area contributed by atoms with E-state index in [0.29, 0.717) is 5.92 Å². The van der Waals surface area contributed by atoms with Gasteiger partial charge in [-0.25, -0.2) is 0 Å². The number of likely N-dealkylation sites (tertiary alicyclic amines) is 1. The van der Waals surface area contributed by atoms with Gasteiger partial charge in [-0.3, -0.25) is 9.48 Å². The highest BCUT2D eigenvalue weighted by Crippen LogP contribution is 2.19. The summed E-state index contributed by atoms with van der Waals surface area (Å²) in [7, 11) is 0. The van der Waals surface area contributed by atoms with Gasteiger partial charge in [-0.1, -0.05) is 6.92 Å². The minimum atomic E-state index is -4.31. The second-order valence-electron chi connectivity index (χ2n) is 5.89. The number of carbonyl (C=O) groups excluding carboxylic acids is 1. The van der Waals surface area contributed by atoms with Gasteiger partial charge < -0.3 is 10.2 Å². The second kappa shape index (κ2) is 6.58. The highest BCUT2D eigenvalue weighted by Gasteiger charge is 2.29. The van der Waals surface area contributed by atoms with Crippen LogP contribution in [0, 0.1) is 5.92 Å². The molecule has 1 aromatic rings. The number of nitrogens with one attached hydrogen (secondary N) is 1. The van der Waals surface area contributed by atoms with Crippen molar-refractivity contribution >= 4 is 11.7 Å². The van der Waals surface area contributed by atoms with Crippen LogP contribution in [0.15, 0.2) is 12.3 Å². The van der Waals surface area contributed by atoms with Gasteiger partial charge in [0.2, 0.25) is 5.91 Å². The van der Waals surface area contributed by atoms with Gasteiger partial charge in [-0.2, -0.15) is 18.3 Å². The molecular formula is C14H21F3N4O. The number of hydrogen-bond acceptors (Lipinski definition) is 3. The maximum atomic E-state index is 12.3. The number of amides is 1. The van der Waals surface area contributed by atoms with Gasteiger partial charge in [0.05, 0.1) is 0 Å². The van der Waals surface area contributed by atoms with E-state index in [0.717, 1.165) is 30.6 Å². The lowest BCUT2D eigenvalue weighted by atomic mass is 9.99. The molecular weight excluding hydrogens is 297 g/mol. The number of piperidine rings is 1. The summed E-state index contributed by atoms with van der Waals surface area (Å²) in [5.41, 5.74) is 0. The molecule has 1 saturated heterocycles. The molecule has 1 amide bonds. The summed E-state index contributed by atoms with van der Waals surface area (Å²) >= 11 is 0. The SMILES string of the molecule is CC1CCN(C(=O)C(C)Nc2ccn(CC(F)(F)F)n2)CC1. The van der Waals surface area contributed by atoms with Crippen LogP contribution in [0.3, 0.4) is 0 Å². The van der Waals surface area contributed by atoms with Crippen LogP contribution < -0.4 is 5.32 Å². The topological polar surface area (TPSA) is 50.2 Å². The van der Waals surface area contributed by atoms with Gasteiger partial charge in [-0.05, 0) is 25.7 Å². The third-order valence-electron chi connectivity index (χ3n) is 3.81. The average Bonchev–Trinajstić information content (AvgIpc) is 2.83. The van der Waals surface area contributed by atoms with Crippen molar-refractivity contribution in [3.63, 3.8) is 0 Å². The molecule has 2 rings (SSSR count). The van der Waals surface area contributed by atoms with Crippen molar-refractivity contribution in [2.45, 2.75) is 45.5 Å². The number of nitrogens with zero attached hydrogens (tertiary/aromatic N) is 3. The van der Waals surface area contributed by atoms with Crippen LogP contribution in [0.5, 0.6) is 0 Å². The van der Waals surface area contributed by atoms with Crippen molar-refractivity contribution in [3.8, 4) is 0 Å². The Bertz CT molecular complexity index is 506. The minimum absolute atomic E-state index is 0.0442. The standard InChI is InChI=1S/C14H21F3N4O/c1-10-3-6-20(7-4-10)13(22)11(2)18-12-5-8-21(19-12)9-14(15,16)17/h5,8,10-11H,3-4,6-7,9H2,1-2H3,(H,18,19). The molecule has 0 spiro atoms. The first kappa shape index (κ1) is 16.6. The van der Waals surface area contributed by atoms with Crippen LogP contribution in [-0.2, 0) is 11.3 Å². The van der Waals surface area contributed by atoms with Gasteiger partial charge >= 0.3 is 6.18 Å². The number of aromatic nitrogens is 2. The van der Waals surface area contributed by atoms with Crippen LogP contribution in [-0.4, -0.2) is 45.9 Å². The number of halogens is 3. The first-order valence-corrected chi connectivity index (χ1v) is 7.40. The average molecular weight is 318 g/mol. The maximum absolute atomic E-state index is 12.3. The normalized spacial score (nSPS) is 18.3. The Morgan fingerprint density at radius 3 is 2.68 bits per heavy atom. The molecule has 1 aliphatic rings. The van der Waals surface area contributed by atoms with E-state index in [1.807, 2.05) is 0 Å². The summed E-state index contributed by atoms with van der Waals surface area (Å²) < 4.78 is 37.6. The van der Waals surface area contributed by atoms with Crippen LogP contribution in [0.4, 0.5) is 19.0 Å². The maximum Gasteiger partial charge on any atom is 0.408 e. The minimum Gasteiger partial charge on any atom is -0.357 e. The summed E-state index contributed by atoms with van der Waals surface area (Å²) in [6.45, 7) is 4.18. The first-order chi connectivity index (χ1) is 10.2. The van der Waals surface area contributed by atoms with Gasteiger partial charge in [0.15, 0.2) is 0 Å². The van der Waals surface area contributed by atoms with E-state index in [4.69, 9.17) is 0 Å². The predicted octanol–water partition coefficient (Wildman–Crippen LogP) is 2.50. The molecule has 0 bridgehead atoms. The van der Waals surface area contributed by atoms with Crippen LogP contribution in [0.2, 0.25) is 0 Å². The number of alkyl halides is 3. The number of rotatable bonds is 4. The summed E-state index contributed by atoms with van der Waals surface area (Å²) in [6.07, 6.45) is -1.10. The molecule has 0 saturated carbocycles. The largest absolute Gasteiger partial charge is 0.408 e. The second-order valence-corrected chi connectivity index (χ2v) is 5.89. The van der Waals surface area contributed by atoms with Crippen molar-refractivity contribution in [2.75, 3.05) is 18.4 Å². The Hall–Kier alpha value is -1.73. The molecule has 0 radical (unpaired) electrons. The Morgan fingerprint density at radius 1 is 1.45 bits per heavy atom. The smallest absolute Gasteiger partial charge is 0.357 e. The van der Waals surface area contributed by atoms with Crippen LogP contribution in [0.1, 0.15) is 26.7 Å². The van der Waals surface area contributed by atoms with Crippen molar-refractivity contribution < 1.29 is 18.0 Å². The van der Waals surface area contributed by atoms with E-state index in [1.165, 1.54) is 12.3 Å². The van der Waals surface area contributed by atoms with Gasteiger partial charge in [-0.15, -0.1) is 0 Å². The van der Waals surface area contributed by atoms with E-state index in [9.17, 15) is 18.0 Å². The number of anilines is 1. The number of carbonyl (C=O) groups is 1. The van der Waals surface area contributed by atoms with Crippen molar-refractivity contribution in [2.24, 2.45) is 5.92 Å². The Kier molecular flexibility index (Phi) is 4.97. The zero-order valence-electron chi connectivity index (χ0n) is 12.7. The zero-order valence-corrected chi connectivity index (χ0v) is 12.7. The lowest BCUT2D eigenvalue weighted by Crippen LogP contribution is -2.45. The number of hydrogen-bond donors (Lipinski definition) is 1. The fourth-order valence-electron chi connectivity index (χ4n) is 2.50. The molecule has 0 aromatic carbocycles. The Labute approximate surface area is 127 Å². The molecule has 124 valence electrons. The molecule has 8 heteroatoms. The van der Waals surface area contributed by atoms with Crippen molar-refractivity contribution in [3.05, 3.63) is 12.3 Å². The third kappa shape index (κ3) is 4.64. The zero-order chi connectivity index (χ0) is 16.3. The molecule has 22 heavy (non-hydrogen) atoms. The van der Waals surface area contributed by atoms with Crippen molar-refractivity contribution in [1.82, 2.24) is 14.7 Å².